The summed E-state index contributed by atoms with van der Waals surface area (Å²) in [6.45, 7) is 5.26. The molecule has 4 rings (SSSR count). The highest BCUT2D eigenvalue weighted by molar-refractivity contribution is 5.76. The number of alkyl halides is 5. The molecule has 0 bridgehead atoms. The average Bonchev–Trinajstić information content (AvgIpc) is 3.54. The second-order valence-corrected chi connectivity index (χ2v) is 12.2. The van der Waals surface area contributed by atoms with Crippen molar-refractivity contribution in [2.75, 3.05) is 19.7 Å². The second-order valence-electron chi connectivity index (χ2n) is 12.2. The molecule has 0 spiro atoms. The van der Waals surface area contributed by atoms with E-state index in [0.29, 0.717) is 5.56 Å². The van der Waals surface area contributed by atoms with Crippen molar-refractivity contribution in [2.45, 2.75) is 89.8 Å². The number of carbonyl (C=O) groups is 2. The molecule has 1 saturated carbocycles. The highest BCUT2D eigenvalue weighted by Crippen LogP contribution is 2.44. The number of imidazole rings is 1. The molecule has 1 aliphatic carbocycles. The summed E-state index contributed by atoms with van der Waals surface area (Å²) in [6.07, 6.45) is -1.64. The first-order valence-electron chi connectivity index (χ1n) is 13.3. The molecule has 1 aliphatic heterocycles. The first kappa shape index (κ1) is 30.7. The van der Waals surface area contributed by atoms with E-state index in [-0.39, 0.29) is 24.1 Å². The number of nitrogens with one attached hydrogen (secondary N) is 2. The van der Waals surface area contributed by atoms with Crippen molar-refractivity contribution in [3.63, 3.8) is 0 Å². The number of hydrogen-bond acceptors (Lipinski definition) is 6. The standard InChI is InChI=1S/C26H35F5N6O4/c1-23(2,3)41-22(39)35-17(9-24(4,5)26(29,30)31)18-11-37-20(34-18)8-15(10-33-37)19(12-40-16-6-7-16)36-14-25(27,28)13-32-21(36)38/h8,10-11,16-17,19H,6-7,9,12-14H2,1-5H3,(H,32,38)(H,35,39)/t17-,19+/m0/s1. The van der Waals surface area contributed by atoms with Crippen LogP contribution in [0.2, 0.25) is 0 Å². The summed E-state index contributed by atoms with van der Waals surface area (Å²) in [4.78, 5) is 30.5. The Hall–Kier alpha value is -3.23. The maximum Gasteiger partial charge on any atom is 0.408 e. The zero-order chi connectivity index (χ0) is 30.4. The fourth-order valence-corrected chi connectivity index (χ4v) is 4.33. The number of urea groups is 1. The number of nitrogens with zero attached hydrogens (tertiary/aromatic N) is 4. The van der Waals surface area contributed by atoms with Crippen LogP contribution in [-0.2, 0) is 9.47 Å². The van der Waals surface area contributed by atoms with Crippen LogP contribution in [0, 0.1) is 5.41 Å². The maximum atomic E-state index is 14.2. The lowest BCUT2D eigenvalue weighted by Gasteiger charge is -2.38. The third-order valence-electron chi connectivity index (χ3n) is 6.83. The first-order valence-corrected chi connectivity index (χ1v) is 13.3. The molecule has 3 amide bonds. The number of hydrogen-bond donors (Lipinski definition) is 2. The van der Waals surface area contributed by atoms with Crippen molar-refractivity contribution in [1.29, 1.82) is 0 Å². The van der Waals surface area contributed by atoms with Crippen LogP contribution in [0.25, 0.3) is 5.65 Å². The normalized spacial score (nSPS) is 19.6. The lowest BCUT2D eigenvalue weighted by molar-refractivity contribution is -0.215. The largest absolute Gasteiger partial charge is 0.444 e. The number of carbonyl (C=O) groups excluding carboxylic acids is 2. The summed E-state index contributed by atoms with van der Waals surface area (Å²) in [5, 5.41) is 8.96. The minimum absolute atomic E-state index is 0.0164. The number of amides is 3. The Bertz CT molecular complexity index is 1270. The molecule has 228 valence electrons. The van der Waals surface area contributed by atoms with Gasteiger partial charge in [-0.25, -0.2) is 27.9 Å². The molecule has 1 saturated heterocycles. The van der Waals surface area contributed by atoms with E-state index in [4.69, 9.17) is 9.47 Å². The minimum atomic E-state index is -4.57. The Morgan fingerprint density at radius 1 is 1.22 bits per heavy atom. The highest BCUT2D eigenvalue weighted by atomic mass is 19.4. The zero-order valence-corrected chi connectivity index (χ0v) is 23.5. The van der Waals surface area contributed by atoms with Gasteiger partial charge < -0.3 is 25.0 Å². The average molecular weight is 591 g/mol. The smallest absolute Gasteiger partial charge is 0.408 e. The molecule has 2 aromatic rings. The molecule has 2 atom stereocenters. The summed E-state index contributed by atoms with van der Waals surface area (Å²) >= 11 is 0. The Balaban J connectivity index is 1.67. The van der Waals surface area contributed by atoms with E-state index in [1.54, 1.807) is 20.8 Å². The van der Waals surface area contributed by atoms with Gasteiger partial charge >= 0.3 is 18.3 Å². The molecule has 3 heterocycles. The van der Waals surface area contributed by atoms with Crippen LogP contribution >= 0.6 is 0 Å². The van der Waals surface area contributed by atoms with Crippen molar-refractivity contribution in [2.24, 2.45) is 5.41 Å². The van der Waals surface area contributed by atoms with E-state index < -0.39 is 66.8 Å². The van der Waals surface area contributed by atoms with Crippen molar-refractivity contribution in [1.82, 2.24) is 30.1 Å². The number of rotatable bonds is 9. The summed E-state index contributed by atoms with van der Waals surface area (Å²) < 4.78 is 82.1. The monoisotopic (exact) mass is 590 g/mol. The van der Waals surface area contributed by atoms with Gasteiger partial charge in [-0.15, -0.1) is 0 Å². The Morgan fingerprint density at radius 3 is 2.51 bits per heavy atom. The summed E-state index contributed by atoms with van der Waals surface area (Å²) in [6, 6.07) is -1.29. The van der Waals surface area contributed by atoms with Crippen LogP contribution in [0.3, 0.4) is 0 Å². The Morgan fingerprint density at radius 2 is 1.90 bits per heavy atom. The SMILES string of the molecule is CC(C)(C)OC(=O)N[C@@H](CC(C)(C)C(F)(F)F)c1cn2ncc([C@@H](COC3CC3)N3CC(F)(F)CNC3=O)cc2n1. The van der Waals surface area contributed by atoms with Gasteiger partial charge in [-0.2, -0.15) is 18.3 Å². The first-order chi connectivity index (χ1) is 18.8. The van der Waals surface area contributed by atoms with Crippen LogP contribution in [0.5, 0.6) is 0 Å². The lowest BCUT2D eigenvalue weighted by Crippen LogP contribution is -2.58. The van der Waals surface area contributed by atoms with Gasteiger partial charge in [0.1, 0.15) is 5.60 Å². The van der Waals surface area contributed by atoms with E-state index in [1.807, 2.05) is 0 Å². The quantitative estimate of drug-likeness (QED) is 0.391. The van der Waals surface area contributed by atoms with Crippen molar-refractivity contribution in [3.8, 4) is 0 Å². The predicted octanol–water partition coefficient (Wildman–Crippen LogP) is 5.15. The van der Waals surface area contributed by atoms with E-state index >= 15 is 0 Å². The van der Waals surface area contributed by atoms with Gasteiger partial charge in [0.25, 0.3) is 5.92 Å². The number of ether oxygens (including phenoxy) is 2. The van der Waals surface area contributed by atoms with Gasteiger partial charge in [-0.1, -0.05) is 13.8 Å². The molecule has 2 aromatic heterocycles. The number of fused-ring (bicyclic) bond motifs is 1. The molecule has 0 radical (unpaired) electrons. The van der Waals surface area contributed by atoms with E-state index in [1.165, 1.54) is 23.0 Å². The molecule has 15 heteroatoms. The number of aromatic nitrogens is 3. The molecule has 10 nitrogen and oxygen atoms in total. The number of alkyl carbamates (subject to hydrolysis) is 1. The van der Waals surface area contributed by atoms with E-state index in [2.05, 4.69) is 20.7 Å². The van der Waals surface area contributed by atoms with Gasteiger partial charge in [-0.05, 0) is 46.1 Å². The molecular weight excluding hydrogens is 555 g/mol. The molecule has 2 fully saturated rings. The van der Waals surface area contributed by atoms with Crippen LogP contribution in [-0.4, -0.2) is 75.1 Å². The van der Waals surface area contributed by atoms with Gasteiger partial charge in [0.15, 0.2) is 5.65 Å². The van der Waals surface area contributed by atoms with Crippen molar-refractivity contribution in [3.05, 3.63) is 29.7 Å². The van der Waals surface area contributed by atoms with Crippen molar-refractivity contribution < 1.29 is 41.0 Å². The van der Waals surface area contributed by atoms with Crippen molar-refractivity contribution >= 4 is 17.8 Å². The van der Waals surface area contributed by atoms with Gasteiger partial charge in [0.05, 0.1) is 61.4 Å². The lowest BCUT2D eigenvalue weighted by atomic mass is 9.84. The maximum absolute atomic E-state index is 14.2. The highest BCUT2D eigenvalue weighted by Gasteiger charge is 2.49. The Labute approximate surface area is 233 Å². The van der Waals surface area contributed by atoms with Gasteiger partial charge in [0.2, 0.25) is 0 Å². The van der Waals surface area contributed by atoms with Crippen LogP contribution in [0.4, 0.5) is 31.5 Å². The molecule has 0 aromatic carbocycles. The second kappa shape index (κ2) is 10.9. The summed E-state index contributed by atoms with van der Waals surface area (Å²) in [7, 11) is 0. The third-order valence-corrected chi connectivity index (χ3v) is 6.83. The topological polar surface area (TPSA) is 110 Å². The minimum Gasteiger partial charge on any atom is -0.444 e. The van der Waals surface area contributed by atoms with Crippen LogP contribution < -0.4 is 10.6 Å². The summed E-state index contributed by atoms with van der Waals surface area (Å²) in [5.41, 5.74) is -2.46. The van der Waals surface area contributed by atoms with Crippen LogP contribution in [0.1, 0.15) is 77.2 Å². The van der Waals surface area contributed by atoms with Crippen LogP contribution in [0.15, 0.2) is 18.5 Å². The molecule has 2 aliphatic rings. The zero-order valence-electron chi connectivity index (χ0n) is 23.5. The van der Waals surface area contributed by atoms with E-state index in [0.717, 1.165) is 31.6 Å². The number of halogens is 5. The van der Waals surface area contributed by atoms with Gasteiger partial charge in [0, 0.05) is 5.56 Å². The molecular formula is C26H35F5N6O4. The fourth-order valence-electron chi connectivity index (χ4n) is 4.33. The Kier molecular flexibility index (Phi) is 8.15. The molecule has 2 N–H and O–H groups in total. The molecule has 0 unspecified atom stereocenters. The van der Waals surface area contributed by atoms with E-state index in [9.17, 15) is 31.5 Å². The third kappa shape index (κ3) is 7.74. The predicted molar refractivity (Wildman–Crippen MR) is 136 cm³/mol. The van der Waals surface area contributed by atoms with Gasteiger partial charge in [-0.3, -0.25) is 0 Å². The fraction of sp³-hybridized carbons (Fsp3) is 0.692. The molecule has 41 heavy (non-hydrogen) atoms. The summed E-state index contributed by atoms with van der Waals surface area (Å²) in [5.74, 6) is -3.16.